The number of nitrogens with zero attached hydrogens (tertiary/aromatic N) is 3. The minimum atomic E-state index is -4.89. The Hall–Kier alpha value is -2.54. The smallest absolute Gasteiger partial charge is 0.370 e. The number of urea groups is 1. The van der Waals surface area contributed by atoms with Gasteiger partial charge < -0.3 is 10.6 Å². The molecule has 4 rings (SSSR count). The molecule has 0 radical (unpaired) electrons. The minimum absolute atomic E-state index is 0.113. The van der Waals surface area contributed by atoms with E-state index in [-0.39, 0.29) is 13.0 Å². The van der Waals surface area contributed by atoms with Gasteiger partial charge in [-0.05, 0) is 17.7 Å². The topological polar surface area (TPSA) is 143 Å². The molecule has 10 nitrogen and oxygen atoms in total. The van der Waals surface area contributed by atoms with Crippen molar-refractivity contribution in [1.82, 2.24) is 14.9 Å². The Morgan fingerprint density at radius 1 is 1.48 bits per heavy atom. The summed E-state index contributed by atoms with van der Waals surface area (Å²) in [5.74, 6) is -0.595. The molecule has 0 saturated carbocycles. The highest BCUT2D eigenvalue weighted by molar-refractivity contribution is 7.80. The standard InChI is InChI=1S/C15H14N4O6S2/c16-13(20)5-10-14-9(4-12(26-14)8-2-1-3-17-6-8)11-7-18(10)15(21)19(11)25-27(22,23)24/h1-4,6,10-11H,5,7H2,(H2,16,20)(H,22,23,24)/t10-,11-/m1/s1. The number of carbonyl (C=O) groups excluding carboxylic acids is 2. The fourth-order valence-electron chi connectivity index (χ4n) is 3.39. The Labute approximate surface area is 158 Å². The van der Waals surface area contributed by atoms with E-state index in [0.717, 1.165) is 15.3 Å². The molecule has 142 valence electrons. The van der Waals surface area contributed by atoms with Crippen molar-refractivity contribution in [2.45, 2.75) is 18.5 Å². The highest BCUT2D eigenvalue weighted by Crippen LogP contribution is 2.50. The Kier molecular flexibility index (Phi) is 4.14. The number of aromatic nitrogens is 1. The van der Waals surface area contributed by atoms with Crippen molar-refractivity contribution in [3.8, 4) is 10.4 Å². The lowest BCUT2D eigenvalue weighted by molar-refractivity contribution is -0.119. The van der Waals surface area contributed by atoms with E-state index in [9.17, 15) is 18.0 Å². The summed E-state index contributed by atoms with van der Waals surface area (Å²) in [5.41, 5.74) is 6.84. The van der Waals surface area contributed by atoms with Crippen molar-refractivity contribution in [1.29, 1.82) is 0 Å². The summed E-state index contributed by atoms with van der Waals surface area (Å²) in [7, 11) is -4.89. The van der Waals surface area contributed by atoms with Crippen molar-refractivity contribution in [2.75, 3.05) is 6.54 Å². The SMILES string of the molecule is NC(=O)C[C@@H]1c2sc(-c3cccnc3)cc2[C@H]2CN1C(=O)N2OS(=O)(=O)O. The zero-order chi connectivity index (χ0) is 19.3. The number of pyridine rings is 1. The van der Waals surface area contributed by atoms with Crippen LogP contribution in [-0.4, -0.2) is 46.4 Å². The average Bonchev–Trinajstić information content (AvgIpc) is 3.14. The van der Waals surface area contributed by atoms with Gasteiger partial charge in [0.05, 0.1) is 19.0 Å². The third kappa shape index (κ3) is 3.16. The summed E-state index contributed by atoms with van der Waals surface area (Å²) >= 11 is 1.37. The minimum Gasteiger partial charge on any atom is -0.370 e. The van der Waals surface area contributed by atoms with E-state index in [2.05, 4.69) is 9.27 Å². The molecule has 1 saturated heterocycles. The molecule has 2 aliphatic heterocycles. The van der Waals surface area contributed by atoms with Gasteiger partial charge in [0.25, 0.3) is 0 Å². The van der Waals surface area contributed by atoms with Crippen LogP contribution in [0.1, 0.15) is 28.9 Å². The van der Waals surface area contributed by atoms with Crippen LogP contribution in [0.25, 0.3) is 10.4 Å². The van der Waals surface area contributed by atoms with E-state index in [1.54, 1.807) is 18.5 Å². The number of hydrogen-bond donors (Lipinski definition) is 2. The summed E-state index contributed by atoms with van der Waals surface area (Å²) in [5, 5.41) is 0.620. The van der Waals surface area contributed by atoms with Gasteiger partial charge in [-0.3, -0.25) is 14.3 Å². The lowest BCUT2D eigenvalue weighted by Gasteiger charge is -2.29. The van der Waals surface area contributed by atoms with Gasteiger partial charge in [0.15, 0.2) is 0 Å². The Morgan fingerprint density at radius 2 is 2.26 bits per heavy atom. The largest absolute Gasteiger partial charge is 0.418 e. The molecule has 3 N–H and O–H groups in total. The van der Waals surface area contributed by atoms with Gasteiger partial charge in [-0.1, -0.05) is 6.07 Å². The van der Waals surface area contributed by atoms with Crippen LogP contribution in [0.4, 0.5) is 4.79 Å². The molecule has 0 aliphatic carbocycles. The van der Waals surface area contributed by atoms with Crippen molar-refractivity contribution in [3.63, 3.8) is 0 Å². The zero-order valence-electron chi connectivity index (χ0n) is 13.7. The fourth-order valence-corrected chi connectivity index (χ4v) is 5.09. The Bertz CT molecular complexity index is 1020. The maximum absolute atomic E-state index is 12.6. The van der Waals surface area contributed by atoms with Crippen LogP contribution in [0.5, 0.6) is 0 Å². The van der Waals surface area contributed by atoms with E-state index in [4.69, 9.17) is 10.3 Å². The number of hydroxylamine groups is 2. The first kappa shape index (κ1) is 17.9. The van der Waals surface area contributed by atoms with Gasteiger partial charge in [-0.15, -0.1) is 15.6 Å². The molecule has 2 aromatic heterocycles. The third-order valence-electron chi connectivity index (χ3n) is 4.43. The zero-order valence-corrected chi connectivity index (χ0v) is 15.3. The lowest BCUT2D eigenvalue weighted by Crippen LogP contribution is -2.36. The number of amides is 3. The number of thiophene rings is 1. The van der Waals surface area contributed by atoms with Crippen molar-refractivity contribution in [2.24, 2.45) is 5.73 Å². The summed E-state index contributed by atoms with van der Waals surface area (Å²) in [6.45, 7) is 0.114. The second kappa shape index (κ2) is 6.27. The molecule has 27 heavy (non-hydrogen) atoms. The molecule has 4 heterocycles. The van der Waals surface area contributed by atoms with Gasteiger partial charge in [-0.25, -0.2) is 4.79 Å². The van der Waals surface area contributed by atoms with Gasteiger partial charge >= 0.3 is 16.4 Å². The first-order valence-corrected chi connectivity index (χ1v) is 10.0. The second-order valence-electron chi connectivity index (χ2n) is 6.14. The first-order valence-electron chi connectivity index (χ1n) is 7.84. The van der Waals surface area contributed by atoms with E-state index in [1.165, 1.54) is 16.2 Å². The van der Waals surface area contributed by atoms with Crippen LogP contribution in [0.2, 0.25) is 0 Å². The van der Waals surface area contributed by atoms with Crippen molar-refractivity contribution >= 4 is 33.7 Å². The van der Waals surface area contributed by atoms with Crippen LogP contribution in [0.15, 0.2) is 30.6 Å². The molecule has 2 aliphatic rings. The van der Waals surface area contributed by atoms with E-state index >= 15 is 0 Å². The average molecular weight is 410 g/mol. The number of nitrogens with two attached hydrogens (primary N) is 1. The molecule has 3 amide bonds. The van der Waals surface area contributed by atoms with Crippen LogP contribution >= 0.6 is 11.3 Å². The van der Waals surface area contributed by atoms with E-state index in [0.29, 0.717) is 10.6 Å². The Balaban J connectivity index is 1.81. The fraction of sp³-hybridized carbons (Fsp3) is 0.267. The second-order valence-corrected chi connectivity index (χ2v) is 8.23. The summed E-state index contributed by atoms with van der Waals surface area (Å²) < 4.78 is 35.8. The maximum atomic E-state index is 12.6. The van der Waals surface area contributed by atoms with E-state index < -0.39 is 34.4 Å². The number of carbonyl (C=O) groups is 2. The summed E-state index contributed by atoms with van der Waals surface area (Å²) in [6, 6.07) is 3.33. The molecule has 2 aromatic rings. The van der Waals surface area contributed by atoms with Crippen LogP contribution in [0.3, 0.4) is 0 Å². The van der Waals surface area contributed by atoms with Crippen molar-refractivity contribution < 1.29 is 26.8 Å². The summed E-state index contributed by atoms with van der Waals surface area (Å²) in [4.78, 5) is 31.1. The molecular weight excluding hydrogens is 396 g/mol. The predicted octanol–water partition coefficient (Wildman–Crippen LogP) is 1.25. The predicted molar refractivity (Wildman–Crippen MR) is 93.4 cm³/mol. The van der Waals surface area contributed by atoms with Crippen molar-refractivity contribution in [3.05, 3.63) is 41.0 Å². The number of hydrogen-bond acceptors (Lipinski definition) is 7. The molecule has 1 fully saturated rings. The molecule has 2 atom stereocenters. The number of fused-ring (bicyclic) bond motifs is 4. The molecule has 0 unspecified atom stereocenters. The summed E-state index contributed by atoms with van der Waals surface area (Å²) in [6.07, 6.45) is 3.20. The molecule has 2 bridgehead atoms. The Morgan fingerprint density at radius 3 is 2.89 bits per heavy atom. The molecular formula is C15H14N4O6S2. The lowest BCUT2D eigenvalue weighted by atomic mass is 9.96. The van der Waals surface area contributed by atoms with Crippen LogP contribution < -0.4 is 5.73 Å². The molecule has 12 heteroatoms. The number of primary amides is 1. The first-order chi connectivity index (χ1) is 12.7. The molecule has 0 spiro atoms. The van der Waals surface area contributed by atoms with Gasteiger partial charge in [0.2, 0.25) is 5.91 Å². The van der Waals surface area contributed by atoms with Gasteiger partial charge in [0.1, 0.15) is 6.04 Å². The highest BCUT2D eigenvalue weighted by atomic mass is 32.3. The van der Waals surface area contributed by atoms with Gasteiger partial charge in [0, 0.05) is 27.7 Å². The number of rotatable bonds is 5. The normalized spacial score (nSPS) is 21.4. The highest BCUT2D eigenvalue weighted by Gasteiger charge is 2.51. The van der Waals surface area contributed by atoms with Crippen LogP contribution in [0, 0.1) is 0 Å². The molecule has 0 aromatic carbocycles. The van der Waals surface area contributed by atoms with E-state index in [1.807, 2.05) is 12.1 Å². The monoisotopic (exact) mass is 410 g/mol. The van der Waals surface area contributed by atoms with Crippen LogP contribution in [-0.2, 0) is 19.5 Å². The van der Waals surface area contributed by atoms with Gasteiger partial charge in [-0.2, -0.15) is 13.5 Å². The third-order valence-corrected chi connectivity index (χ3v) is 6.08. The quantitative estimate of drug-likeness (QED) is 0.706. The maximum Gasteiger partial charge on any atom is 0.418 e.